The van der Waals surface area contributed by atoms with Crippen LogP contribution in [-0.2, 0) is 11.2 Å². The summed E-state index contributed by atoms with van der Waals surface area (Å²) < 4.78 is 10.6. The van der Waals surface area contributed by atoms with E-state index in [1.54, 1.807) is 19.4 Å². The van der Waals surface area contributed by atoms with Crippen molar-refractivity contribution in [1.82, 2.24) is 10.6 Å². The minimum Gasteiger partial charge on any atom is -0.467 e. The molecule has 1 heterocycles. The van der Waals surface area contributed by atoms with Crippen LogP contribution in [0.15, 0.2) is 53.1 Å². The predicted molar refractivity (Wildman–Crippen MR) is 84.6 cm³/mol. The van der Waals surface area contributed by atoms with Crippen LogP contribution in [0.25, 0.3) is 0 Å². The van der Waals surface area contributed by atoms with E-state index in [2.05, 4.69) is 22.8 Å². The van der Waals surface area contributed by atoms with Crippen LogP contribution in [0.4, 0.5) is 4.79 Å². The van der Waals surface area contributed by atoms with Crippen molar-refractivity contribution in [3.8, 4) is 0 Å². The van der Waals surface area contributed by atoms with Crippen LogP contribution in [-0.4, -0.2) is 26.2 Å². The Bertz CT molecular complexity index is 540. The molecule has 2 N–H and O–H groups in total. The largest absolute Gasteiger partial charge is 0.467 e. The number of hydrogen-bond donors (Lipinski definition) is 2. The number of methoxy groups -OCH3 is 1. The average molecular weight is 302 g/mol. The molecule has 1 aromatic carbocycles. The second kappa shape index (κ2) is 8.89. The SMILES string of the molecule is COC(CNC(=O)NCCCc1ccccc1)c1ccco1. The van der Waals surface area contributed by atoms with Crippen molar-refractivity contribution in [1.29, 1.82) is 0 Å². The number of nitrogens with one attached hydrogen (secondary N) is 2. The van der Waals surface area contributed by atoms with Crippen molar-refractivity contribution in [3.63, 3.8) is 0 Å². The molecule has 1 unspecified atom stereocenters. The Morgan fingerprint density at radius 3 is 2.68 bits per heavy atom. The van der Waals surface area contributed by atoms with Gasteiger partial charge in [-0.3, -0.25) is 0 Å². The van der Waals surface area contributed by atoms with Gasteiger partial charge < -0.3 is 19.8 Å². The molecule has 0 bridgehead atoms. The van der Waals surface area contributed by atoms with Crippen LogP contribution >= 0.6 is 0 Å². The smallest absolute Gasteiger partial charge is 0.314 e. The highest BCUT2D eigenvalue weighted by Gasteiger charge is 2.14. The minimum atomic E-state index is -0.273. The number of carbonyl (C=O) groups excluding carboxylic acids is 1. The van der Waals surface area contributed by atoms with E-state index in [0.29, 0.717) is 18.8 Å². The first-order valence-corrected chi connectivity index (χ1v) is 7.41. The summed E-state index contributed by atoms with van der Waals surface area (Å²) in [6.07, 6.45) is 3.17. The first-order chi connectivity index (χ1) is 10.8. The highest BCUT2D eigenvalue weighted by atomic mass is 16.5. The van der Waals surface area contributed by atoms with Crippen molar-refractivity contribution in [2.24, 2.45) is 0 Å². The standard InChI is InChI=1S/C17H22N2O3/c1-21-16(15-10-6-12-22-15)13-19-17(20)18-11-5-9-14-7-3-2-4-8-14/h2-4,6-8,10,12,16H,5,9,11,13H2,1H3,(H2,18,19,20). The second-order valence-electron chi connectivity index (χ2n) is 4.97. The van der Waals surface area contributed by atoms with Gasteiger partial charge in [0.15, 0.2) is 0 Å². The lowest BCUT2D eigenvalue weighted by Gasteiger charge is -2.14. The topological polar surface area (TPSA) is 63.5 Å². The lowest BCUT2D eigenvalue weighted by atomic mass is 10.1. The van der Waals surface area contributed by atoms with Gasteiger partial charge in [0.1, 0.15) is 11.9 Å². The predicted octanol–water partition coefficient (Wildman–Crippen LogP) is 2.90. The molecule has 0 saturated heterocycles. The zero-order chi connectivity index (χ0) is 15.6. The monoisotopic (exact) mass is 302 g/mol. The Morgan fingerprint density at radius 2 is 2.00 bits per heavy atom. The van der Waals surface area contributed by atoms with Gasteiger partial charge in [-0.2, -0.15) is 0 Å². The summed E-state index contributed by atoms with van der Waals surface area (Å²) in [7, 11) is 1.59. The number of carbonyl (C=O) groups is 1. The molecule has 1 aromatic heterocycles. The maximum Gasteiger partial charge on any atom is 0.314 e. The summed E-state index contributed by atoms with van der Waals surface area (Å²) in [5.74, 6) is 0.701. The van der Waals surface area contributed by atoms with E-state index < -0.39 is 0 Å². The van der Waals surface area contributed by atoms with Crippen molar-refractivity contribution >= 4 is 6.03 Å². The lowest BCUT2D eigenvalue weighted by molar-refractivity contribution is 0.0850. The van der Waals surface area contributed by atoms with Gasteiger partial charge in [0.25, 0.3) is 0 Å². The molecule has 0 saturated carbocycles. The molecule has 2 rings (SSSR count). The zero-order valence-corrected chi connectivity index (χ0v) is 12.7. The Balaban J connectivity index is 1.61. The fraction of sp³-hybridized carbons (Fsp3) is 0.353. The minimum absolute atomic E-state index is 0.193. The summed E-state index contributed by atoms with van der Waals surface area (Å²) in [6, 6.07) is 13.7. The molecule has 0 fully saturated rings. The third-order valence-electron chi connectivity index (χ3n) is 3.36. The summed E-state index contributed by atoms with van der Waals surface area (Å²) in [4.78, 5) is 11.7. The molecule has 0 aliphatic carbocycles. The number of benzene rings is 1. The van der Waals surface area contributed by atoms with Gasteiger partial charge in [-0.1, -0.05) is 30.3 Å². The fourth-order valence-electron chi connectivity index (χ4n) is 2.16. The molecule has 1 atom stereocenters. The molecule has 0 aliphatic heterocycles. The molecular formula is C17H22N2O3. The van der Waals surface area contributed by atoms with Gasteiger partial charge in [0.2, 0.25) is 0 Å². The van der Waals surface area contributed by atoms with Crippen LogP contribution in [0.2, 0.25) is 0 Å². The zero-order valence-electron chi connectivity index (χ0n) is 12.7. The van der Waals surface area contributed by atoms with Gasteiger partial charge in [-0.25, -0.2) is 4.79 Å². The van der Waals surface area contributed by atoms with Crippen LogP contribution < -0.4 is 10.6 Å². The van der Waals surface area contributed by atoms with E-state index in [0.717, 1.165) is 12.8 Å². The Morgan fingerprint density at radius 1 is 1.18 bits per heavy atom. The van der Waals surface area contributed by atoms with Crippen molar-refractivity contribution in [2.45, 2.75) is 18.9 Å². The van der Waals surface area contributed by atoms with Crippen LogP contribution in [0, 0.1) is 0 Å². The molecular weight excluding hydrogens is 280 g/mol. The van der Waals surface area contributed by atoms with Gasteiger partial charge in [-0.15, -0.1) is 0 Å². The normalized spacial score (nSPS) is 11.9. The van der Waals surface area contributed by atoms with E-state index in [9.17, 15) is 4.79 Å². The number of urea groups is 1. The van der Waals surface area contributed by atoms with Crippen LogP contribution in [0.3, 0.4) is 0 Å². The molecule has 5 heteroatoms. The molecule has 0 radical (unpaired) electrons. The summed E-state index contributed by atoms with van der Waals surface area (Å²) in [5, 5.41) is 5.63. The second-order valence-corrected chi connectivity index (χ2v) is 4.97. The number of furan rings is 1. The molecule has 2 aromatic rings. The summed E-state index contributed by atoms with van der Waals surface area (Å²) >= 11 is 0. The highest BCUT2D eigenvalue weighted by molar-refractivity contribution is 5.73. The molecule has 2 amide bonds. The van der Waals surface area contributed by atoms with E-state index in [1.807, 2.05) is 24.3 Å². The lowest BCUT2D eigenvalue weighted by Crippen LogP contribution is -2.38. The molecule has 22 heavy (non-hydrogen) atoms. The first-order valence-electron chi connectivity index (χ1n) is 7.41. The number of ether oxygens (including phenoxy) is 1. The third-order valence-corrected chi connectivity index (χ3v) is 3.36. The van der Waals surface area contributed by atoms with Crippen molar-refractivity contribution < 1.29 is 13.9 Å². The van der Waals surface area contributed by atoms with Crippen LogP contribution in [0.1, 0.15) is 23.8 Å². The van der Waals surface area contributed by atoms with E-state index in [-0.39, 0.29) is 12.1 Å². The van der Waals surface area contributed by atoms with Gasteiger partial charge in [0, 0.05) is 13.7 Å². The van der Waals surface area contributed by atoms with Crippen LogP contribution in [0.5, 0.6) is 0 Å². The average Bonchev–Trinajstić information content (AvgIpc) is 3.07. The summed E-state index contributed by atoms with van der Waals surface area (Å²) in [5.41, 5.74) is 1.28. The number of rotatable bonds is 8. The highest BCUT2D eigenvalue weighted by Crippen LogP contribution is 2.15. The van der Waals surface area contributed by atoms with Gasteiger partial charge >= 0.3 is 6.03 Å². The number of hydrogen-bond acceptors (Lipinski definition) is 3. The van der Waals surface area contributed by atoms with Gasteiger partial charge in [-0.05, 0) is 30.5 Å². The fourth-order valence-corrected chi connectivity index (χ4v) is 2.16. The molecule has 5 nitrogen and oxygen atoms in total. The third kappa shape index (κ3) is 5.26. The van der Waals surface area contributed by atoms with Crippen molar-refractivity contribution in [2.75, 3.05) is 20.2 Å². The van der Waals surface area contributed by atoms with E-state index in [1.165, 1.54) is 5.56 Å². The van der Waals surface area contributed by atoms with E-state index >= 15 is 0 Å². The number of aryl methyl sites for hydroxylation is 1. The first kappa shape index (κ1) is 16.1. The maximum atomic E-state index is 11.7. The molecule has 0 spiro atoms. The Labute approximate surface area is 130 Å². The summed E-state index contributed by atoms with van der Waals surface area (Å²) in [6.45, 7) is 1.01. The number of amides is 2. The quantitative estimate of drug-likeness (QED) is 0.737. The van der Waals surface area contributed by atoms with Gasteiger partial charge in [0.05, 0.1) is 12.8 Å². The Hall–Kier alpha value is -2.27. The Kier molecular flexibility index (Phi) is 6.51. The molecule has 118 valence electrons. The van der Waals surface area contributed by atoms with Crippen molar-refractivity contribution in [3.05, 3.63) is 60.1 Å². The van der Waals surface area contributed by atoms with E-state index in [4.69, 9.17) is 9.15 Å². The maximum absolute atomic E-state index is 11.7. The molecule has 0 aliphatic rings.